The summed E-state index contributed by atoms with van der Waals surface area (Å²) in [5.74, 6) is -2.79. The van der Waals surface area contributed by atoms with Gasteiger partial charge in [0.25, 0.3) is 5.91 Å². The zero-order valence-electron chi connectivity index (χ0n) is 10.9. The Kier molecular flexibility index (Phi) is 4.22. The van der Waals surface area contributed by atoms with Crippen LogP contribution in [0.2, 0.25) is 0 Å². The summed E-state index contributed by atoms with van der Waals surface area (Å²) in [4.78, 5) is 13.6. The molecule has 0 radical (unpaired) electrons. The van der Waals surface area contributed by atoms with Crippen LogP contribution in [-0.4, -0.2) is 29.0 Å². The molecule has 1 heterocycles. The van der Waals surface area contributed by atoms with E-state index in [1.54, 1.807) is 0 Å². The molecule has 108 valence electrons. The lowest BCUT2D eigenvalue weighted by atomic mass is 10.1. The maximum Gasteiger partial charge on any atom is 0.273 e. The van der Waals surface area contributed by atoms with Crippen molar-refractivity contribution < 1.29 is 18.7 Å². The molecule has 1 saturated heterocycles. The number of hydrogen-bond donors (Lipinski definition) is 2. The summed E-state index contributed by atoms with van der Waals surface area (Å²) in [6, 6.07) is 2.53. The topological polar surface area (TPSA) is 66.6 Å². The van der Waals surface area contributed by atoms with Crippen molar-refractivity contribution in [1.82, 2.24) is 4.90 Å². The summed E-state index contributed by atoms with van der Waals surface area (Å²) in [5.41, 5.74) is 5.08. The molecular formula is C14H16F2N2O2. The molecule has 4 nitrogen and oxygen atoms in total. The van der Waals surface area contributed by atoms with Crippen molar-refractivity contribution in [3.63, 3.8) is 0 Å². The first-order valence-corrected chi connectivity index (χ1v) is 6.43. The molecule has 0 aromatic heterocycles. The van der Waals surface area contributed by atoms with Crippen molar-refractivity contribution >= 4 is 11.7 Å². The van der Waals surface area contributed by atoms with E-state index in [0.717, 1.165) is 31.4 Å². The molecule has 0 atom stereocenters. The Balaban J connectivity index is 2.27. The van der Waals surface area contributed by atoms with Crippen LogP contribution >= 0.6 is 0 Å². The van der Waals surface area contributed by atoms with Crippen LogP contribution in [0.1, 0.15) is 24.8 Å². The fourth-order valence-corrected chi connectivity index (χ4v) is 2.21. The van der Waals surface area contributed by atoms with Gasteiger partial charge >= 0.3 is 0 Å². The highest BCUT2D eigenvalue weighted by atomic mass is 19.1. The fraction of sp³-hybridized carbons (Fsp3) is 0.357. The Hall–Kier alpha value is -2.11. The predicted molar refractivity (Wildman–Crippen MR) is 70.5 cm³/mol. The Labute approximate surface area is 115 Å². The maximum atomic E-state index is 13.1. The van der Waals surface area contributed by atoms with Crippen molar-refractivity contribution in [2.45, 2.75) is 19.3 Å². The minimum Gasteiger partial charge on any atom is -0.505 e. The van der Waals surface area contributed by atoms with Gasteiger partial charge in [-0.25, -0.2) is 8.78 Å². The molecule has 1 aromatic carbocycles. The number of nitrogens with two attached hydrogens (primary N) is 1. The lowest BCUT2D eigenvalue weighted by Gasteiger charge is -2.26. The highest BCUT2D eigenvalue weighted by Gasteiger charge is 2.22. The number of amides is 1. The van der Waals surface area contributed by atoms with E-state index < -0.39 is 29.0 Å². The van der Waals surface area contributed by atoms with Gasteiger partial charge in [0.1, 0.15) is 17.3 Å². The van der Waals surface area contributed by atoms with E-state index in [0.29, 0.717) is 19.2 Å². The summed E-state index contributed by atoms with van der Waals surface area (Å²) >= 11 is 0. The second-order valence-electron chi connectivity index (χ2n) is 4.77. The number of nitrogens with zero attached hydrogens (tertiary/aromatic N) is 1. The van der Waals surface area contributed by atoms with Crippen LogP contribution in [-0.2, 0) is 4.79 Å². The number of halogens is 2. The highest BCUT2D eigenvalue weighted by molar-refractivity contribution is 5.98. The number of aliphatic hydroxyl groups excluding tert-OH is 1. The van der Waals surface area contributed by atoms with Crippen LogP contribution in [0, 0.1) is 11.6 Å². The molecule has 0 saturated carbocycles. The van der Waals surface area contributed by atoms with E-state index >= 15 is 0 Å². The normalized spacial score (nSPS) is 16.8. The van der Waals surface area contributed by atoms with Crippen molar-refractivity contribution in [1.29, 1.82) is 0 Å². The molecule has 1 aliphatic heterocycles. The molecule has 6 heteroatoms. The third-order valence-electron chi connectivity index (χ3n) is 3.26. The van der Waals surface area contributed by atoms with Gasteiger partial charge < -0.3 is 15.7 Å². The standard InChI is InChI=1S/C14H16F2N2O2/c15-10-6-9(7-11(16)8-10)13(19)12(17)14(20)18-4-2-1-3-5-18/h6-8,19H,1-5,17H2/b13-12-. The van der Waals surface area contributed by atoms with Gasteiger partial charge in [-0.15, -0.1) is 0 Å². The average Bonchev–Trinajstić information content (AvgIpc) is 2.45. The lowest BCUT2D eigenvalue weighted by molar-refractivity contribution is -0.128. The number of aliphatic hydroxyl groups is 1. The average molecular weight is 282 g/mol. The Morgan fingerprint density at radius 3 is 2.20 bits per heavy atom. The Morgan fingerprint density at radius 2 is 1.65 bits per heavy atom. The molecule has 20 heavy (non-hydrogen) atoms. The van der Waals surface area contributed by atoms with Gasteiger partial charge in [-0.3, -0.25) is 4.79 Å². The van der Waals surface area contributed by atoms with E-state index in [1.807, 2.05) is 0 Å². The van der Waals surface area contributed by atoms with Gasteiger partial charge in [0.05, 0.1) is 0 Å². The van der Waals surface area contributed by atoms with Gasteiger partial charge in [0.15, 0.2) is 5.76 Å². The van der Waals surface area contributed by atoms with E-state index in [-0.39, 0.29) is 5.56 Å². The fourth-order valence-electron chi connectivity index (χ4n) is 2.21. The van der Waals surface area contributed by atoms with Crippen molar-refractivity contribution in [3.8, 4) is 0 Å². The van der Waals surface area contributed by atoms with E-state index in [9.17, 15) is 18.7 Å². The number of rotatable bonds is 2. The largest absolute Gasteiger partial charge is 0.505 e. The van der Waals surface area contributed by atoms with Crippen LogP contribution in [0.5, 0.6) is 0 Å². The molecule has 1 amide bonds. The summed E-state index contributed by atoms with van der Waals surface area (Å²) in [6.07, 6.45) is 2.82. The SMILES string of the molecule is N/C(C(=O)N1CCCCC1)=C(\O)c1cc(F)cc(F)c1. The second-order valence-corrected chi connectivity index (χ2v) is 4.77. The minimum absolute atomic E-state index is 0.148. The number of piperidine rings is 1. The van der Waals surface area contributed by atoms with E-state index in [2.05, 4.69) is 0 Å². The molecule has 0 spiro atoms. The van der Waals surface area contributed by atoms with E-state index in [1.165, 1.54) is 4.90 Å². The van der Waals surface area contributed by atoms with Gasteiger partial charge in [-0.1, -0.05) is 0 Å². The van der Waals surface area contributed by atoms with Gasteiger partial charge in [0, 0.05) is 24.7 Å². The van der Waals surface area contributed by atoms with Gasteiger partial charge in [-0.05, 0) is 31.4 Å². The molecule has 3 N–H and O–H groups in total. The molecule has 2 rings (SSSR count). The van der Waals surface area contributed by atoms with Gasteiger partial charge in [0.2, 0.25) is 0 Å². The first-order chi connectivity index (χ1) is 9.49. The number of hydrogen-bond acceptors (Lipinski definition) is 3. The number of benzene rings is 1. The molecule has 0 bridgehead atoms. The highest BCUT2D eigenvalue weighted by Crippen LogP contribution is 2.19. The number of likely N-dealkylation sites (tertiary alicyclic amines) is 1. The smallest absolute Gasteiger partial charge is 0.273 e. The quantitative estimate of drug-likeness (QED) is 0.645. The van der Waals surface area contributed by atoms with E-state index in [4.69, 9.17) is 5.73 Å². The van der Waals surface area contributed by atoms with Gasteiger partial charge in [-0.2, -0.15) is 0 Å². The summed E-state index contributed by atoms with van der Waals surface area (Å²) in [7, 11) is 0. The molecule has 0 aliphatic carbocycles. The molecular weight excluding hydrogens is 266 g/mol. The first kappa shape index (κ1) is 14.3. The third-order valence-corrected chi connectivity index (χ3v) is 3.26. The van der Waals surface area contributed by atoms with Crippen LogP contribution < -0.4 is 5.73 Å². The van der Waals surface area contributed by atoms with Crippen LogP contribution in [0.25, 0.3) is 5.76 Å². The minimum atomic E-state index is -0.843. The van der Waals surface area contributed by atoms with Crippen LogP contribution in [0.4, 0.5) is 8.78 Å². The Morgan fingerprint density at radius 1 is 1.10 bits per heavy atom. The zero-order valence-corrected chi connectivity index (χ0v) is 10.9. The Bertz CT molecular complexity index is 532. The van der Waals surface area contributed by atoms with Crippen molar-refractivity contribution in [3.05, 3.63) is 41.1 Å². The summed E-state index contributed by atoms with van der Waals surface area (Å²) < 4.78 is 26.2. The monoisotopic (exact) mass is 282 g/mol. The molecule has 1 fully saturated rings. The van der Waals surface area contributed by atoms with Crippen LogP contribution in [0.3, 0.4) is 0 Å². The predicted octanol–water partition coefficient (Wildman–Crippen LogP) is 2.16. The third kappa shape index (κ3) is 3.07. The molecule has 0 unspecified atom stereocenters. The van der Waals surface area contributed by atoms with Crippen molar-refractivity contribution in [2.24, 2.45) is 5.73 Å². The molecule has 1 aromatic rings. The summed E-state index contributed by atoms with van der Waals surface area (Å²) in [5, 5.41) is 9.91. The zero-order chi connectivity index (χ0) is 14.7. The van der Waals surface area contributed by atoms with Crippen molar-refractivity contribution in [2.75, 3.05) is 13.1 Å². The first-order valence-electron chi connectivity index (χ1n) is 6.43. The lowest BCUT2D eigenvalue weighted by Crippen LogP contribution is -2.38. The second kappa shape index (κ2) is 5.90. The number of carbonyl (C=O) groups is 1. The molecule has 1 aliphatic rings. The number of carbonyl (C=O) groups excluding carboxylic acids is 1. The summed E-state index contributed by atoms with van der Waals surface area (Å²) in [6.45, 7) is 1.15. The van der Waals surface area contributed by atoms with Crippen LogP contribution in [0.15, 0.2) is 23.9 Å². The maximum absolute atomic E-state index is 13.1.